The molecule has 1 rings (SSSR count). The van der Waals surface area contributed by atoms with Gasteiger partial charge >= 0.3 is 6.09 Å². The molecule has 0 aliphatic heterocycles. The van der Waals surface area contributed by atoms with Crippen LogP contribution < -0.4 is 0 Å². The predicted octanol–water partition coefficient (Wildman–Crippen LogP) is 2.77. The van der Waals surface area contributed by atoms with E-state index in [2.05, 4.69) is 9.73 Å². The molecule has 0 aliphatic carbocycles. The summed E-state index contributed by atoms with van der Waals surface area (Å²) in [5, 5.41) is 0. The van der Waals surface area contributed by atoms with Crippen molar-refractivity contribution in [2.75, 3.05) is 13.2 Å². The van der Waals surface area contributed by atoms with Crippen LogP contribution in [0.1, 0.15) is 19.4 Å². The van der Waals surface area contributed by atoms with Crippen LogP contribution in [0.3, 0.4) is 0 Å². The summed E-state index contributed by atoms with van der Waals surface area (Å²) in [6, 6.07) is 5.52. The van der Waals surface area contributed by atoms with Gasteiger partial charge in [-0.15, -0.1) is 4.99 Å². The fourth-order valence-corrected chi connectivity index (χ4v) is 1.15. The number of benzene rings is 1. The second-order valence-corrected chi connectivity index (χ2v) is 3.06. The van der Waals surface area contributed by atoms with Gasteiger partial charge in [0.2, 0.25) is 5.90 Å². The molecule has 0 saturated heterocycles. The van der Waals surface area contributed by atoms with Crippen molar-refractivity contribution in [1.29, 1.82) is 0 Å². The van der Waals surface area contributed by atoms with E-state index >= 15 is 0 Å². The summed E-state index contributed by atoms with van der Waals surface area (Å²) in [4.78, 5) is 14.9. The minimum atomic E-state index is -0.722. The highest BCUT2D eigenvalue weighted by Crippen LogP contribution is 2.06. The molecule has 0 heterocycles. The maximum Gasteiger partial charge on any atom is 0.436 e. The molecule has 1 aromatic rings. The number of hydrogen-bond acceptors (Lipinski definition) is 3. The van der Waals surface area contributed by atoms with Crippen molar-refractivity contribution in [3.63, 3.8) is 0 Å². The first-order valence-electron chi connectivity index (χ1n) is 5.31. The Kier molecular flexibility index (Phi) is 5.13. The highest BCUT2D eigenvalue weighted by Gasteiger charge is 2.08. The highest BCUT2D eigenvalue weighted by molar-refractivity contribution is 5.99. The monoisotopic (exact) mass is 239 g/mol. The van der Waals surface area contributed by atoms with Gasteiger partial charge < -0.3 is 9.47 Å². The Morgan fingerprint density at radius 2 is 1.76 bits per heavy atom. The summed E-state index contributed by atoms with van der Waals surface area (Å²) in [6.45, 7) is 4.05. The van der Waals surface area contributed by atoms with Crippen LogP contribution in [0.4, 0.5) is 9.18 Å². The molecule has 1 aromatic carbocycles. The Morgan fingerprint density at radius 3 is 2.29 bits per heavy atom. The van der Waals surface area contributed by atoms with Crippen LogP contribution in [0, 0.1) is 5.82 Å². The van der Waals surface area contributed by atoms with Crippen LogP contribution in [-0.4, -0.2) is 25.2 Å². The number of amides is 1. The molecule has 0 bridgehead atoms. The number of nitrogens with zero attached hydrogens (tertiary/aromatic N) is 1. The van der Waals surface area contributed by atoms with Crippen LogP contribution in [0.25, 0.3) is 0 Å². The Hall–Kier alpha value is -1.91. The molecule has 0 aromatic heterocycles. The van der Waals surface area contributed by atoms with Gasteiger partial charge in [-0.1, -0.05) is 0 Å². The smallest absolute Gasteiger partial charge is 0.436 e. The third kappa shape index (κ3) is 4.22. The van der Waals surface area contributed by atoms with Crippen LogP contribution in [0.15, 0.2) is 29.3 Å². The van der Waals surface area contributed by atoms with Crippen LogP contribution in [0.5, 0.6) is 0 Å². The Bertz CT molecular complexity index is 401. The predicted molar refractivity (Wildman–Crippen MR) is 61.6 cm³/mol. The van der Waals surface area contributed by atoms with Crippen molar-refractivity contribution in [3.05, 3.63) is 35.6 Å². The lowest BCUT2D eigenvalue weighted by Crippen LogP contribution is -2.11. The maximum atomic E-state index is 12.7. The molecular weight excluding hydrogens is 225 g/mol. The lowest BCUT2D eigenvalue weighted by Gasteiger charge is -2.06. The van der Waals surface area contributed by atoms with Gasteiger partial charge in [0.15, 0.2) is 0 Å². The molecule has 0 saturated carbocycles. The van der Waals surface area contributed by atoms with Crippen molar-refractivity contribution in [3.8, 4) is 0 Å². The van der Waals surface area contributed by atoms with E-state index in [4.69, 9.17) is 4.74 Å². The third-order valence-electron chi connectivity index (χ3n) is 1.83. The summed E-state index contributed by atoms with van der Waals surface area (Å²) in [7, 11) is 0. The molecule has 4 nitrogen and oxygen atoms in total. The van der Waals surface area contributed by atoms with E-state index in [0.717, 1.165) is 0 Å². The average molecular weight is 239 g/mol. The average Bonchev–Trinajstić information content (AvgIpc) is 2.30. The first-order chi connectivity index (χ1) is 8.17. The zero-order chi connectivity index (χ0) is 12.7. The highest BCUT2D eigenvalue weighted by atomic mass is 19.1. The van der Waals surface area contributed by atoms with E-state index in [9.17, 15) is 9.18 Å². The minimum absolute atomic E-state index is 0.131. The second kappa shape index (κ2) is 6.62. The molecule has 0 spiro atoms. The number of ether oxygens (including phenoxy) is 2. The van der Waals surface area contributed by atoms with E-state index in [1.807, 2.05) is 0 Å². The number of rotatable bonds is 3. The van der Waals surface area contributed by atoms with Crippen molar-refractivity contribution >= 4 is 12.0 Å². The van der Waals surface area contributed by atoms with Crippen molar-refractivity contribution in [1.82, 2.24) is 0 Å². The molecule has 92 valence electrons. The van der Waals surface area contributed by atoms with Gasteiger partial charge in [-0.25, -0.2) is 9.18 Å². The SMILES string of the molecule is CCOC(=O)N=C(OCC)c1ccc(F)cc1. The third-order valence-corrected chi connectivity index (χ3v) is 1.83. The summed E-state index contributed by atoms with van der Waals surface area (Å²) < 4.78 is 22.6. The van der Waals surface area contributed by atoms with Gasteiger partial charge in [-0.05, 0) is 38.1 Å². The summed E-state index contributed by atoms with van der Waals surface area (Å²) >= 11 is 0. The zero-order valence-electron chi connectivity index (χ0n) is 9.77. The largest absolute Gasteiger partial charge is 0.477 e. The Balaban J connectivity index is 2.92. The summed E-state index contributed by atoms with van der Waals surface area (Å²) in [6.07, 6.45) is -0.722. The molecule has 0 radical (unpaired) electrons. The van der Waals surface area contributed by atoms with Gasteiger partial charge in [0.05, 0.1) is 13.2 Å². The van der Waals surface area contributed by atoms with E-state index < -0.39 is 6.09 Å². The normalized spacial score (nSPS) is 11.1. The molecule has 0 atom stereocenters. The van der Waals surface area contributed by atoms with E-state index in [0.29, 0.717) is 12.2 Å². The molecule has 5 heteroatoms. The molecule has 17 heavy (non-hydrogen) atoms. The summed E-state index contributed by atoms with van der Waals surface area (Å²) in [5.74, 6) is -0.230. The van der Waals surface area contributed by atoms with Crippen molar-refractivity contribution < 1.29 is 18.7 Å². The number of halogens is 1. The first-order valence-corrected chi connectivity index (χ1v) is 5.31. The topological polar surface area (TPSA) is 47.9 Å². The van der Waals surface area contributed by atoms with Crippen molar-refractivity contribution in [2.24, 2.45) is 4.99 Å². The van der Waals surface area contributed by atoms with Crippen LogP contribution in [-0.2, 0) is 9.47 Å². The Labute approximate surface area is 99.1 Å². The van der Waals surface area contributed by atoms with Gasteiger partial charge in [-0.3, -0.25) is 0 Å². The summed E-state index contributed by atoms with van der Waals surface area (Å²) in [5.41, 5.74) is 0.529. The fraction of sp³-hybridized carbons (Fsp3) is 0.333. The molecule has 0 unspecified atom stereocenters. The minimum Gasteiger partial charge on any atom is -0.477 e. The standard InChI is InChI=1S/C12H14FNO3/c1-3-16-11(14-12(15)17-4-2)9-5-7-10(13)8-6-9/h5-8H,3-4H2,1-2H3. The molecule has 1 amide bonds. The van der Waals surface area contributed by atoms with Gasteiger partial charge in [0.25, 0.3) is 0 Å². The van der Waals surface area contributed by atoms with E-state index in [1.54, 1.807) is 13.8 Å². The van der Waals surface area contributed by atoms with Gasteiger partial charge in [0, 0.05) is 5.56 Å². The van der Waals surface area contributed by atoms with Crippen LogP contribution in [0.2, 0.25) is 0 Å². The van der Waals surface area contributed by atoms with E-state index in [-0.39, 0.29) is 18.3 Å². The maximum absolute atomic E-state index is 12.7. The van der Waals surface area contributed by atoms with Gasteiger partial charge in [-0.2, -0.15) is 0 Å². The second-order valence-electron chi connectivity index (χ2n) is 3.06. The number of carbonyl (C=O) groups excluding carboxylic acids is 1. The van der Waals surface area contributed by atoms with Crippen molar-refractivity contribution in [2.45, 2.75) is 13.8 Å². The van der Waals surface area contributed by atoms with Crippen LogP contribution >= 0.6 is 0 Å². The molecule has 0 fully saturated rings. The van der Waals surface area contributed by atoms with Gasteiger partial charge in [0.1, 0.15) is 5.82 Å². The molecular formula is C12H14FNO3. The van der Waals surface area contributed by atoms with E-state index in [1.165, 1.54) is 24.3 Å². The quantitative estimate of drug-likeness (QED) is 0.602. The number of carbonyl (C=O) groups is 1. The zero-order valence-corrected chi connectivity index (χ0v) is 9.77. The fourth-order valence-electron chi connectivity index (χ4n) is 1.15. The number of aliphatic imine (C=N–C) groups is 1. The Morgan fingerprint density at radius 1 is 1.18 bits per heavy atom. The lowest BCUT2D eigenvalue weighted by molar-refractivity contribution is 0.162. The first kappa shape index (κ1) is 13.2. The lowest BCUT2D eigenvalue weighted by atomic mass is 10.2. The molecule has 0 N–H and O–H groups in total. The molecule has 0 aliphatic rings. The number of hydrogen-bond donors (Lipinski definition) is 0.